The van der Waals surface area contributed by atoms with Crippen molar-refractivity contribution in [1.82, 2.24) is 5.32 Å². The first-order valence-corrected chi connectivity index (χ1v) is 5.26. The van der Waals surface area contributed by atoms with Gasteiger partial charge in [-0.3, -0.25) is 9.59 Å². The van der Waals surface area contributed by atoms with E-state index in [2.05, 4.69) is 10.1 Å². The van der Waals surface area contributed by atoms with Crippen LogP contribution in [0.25, 0.3) is 0 Å². The van der Waals surface area contributed by atoms with Gasteiger partial charge < -0.3 is 19.9 Å². The van der Waals surface area contributed by atoms with E-state index in [0.29, 0.717) is 11.3 Å². The average Bonchev–Trinajstić information content (AvgIpc) is 2.37. The fraction of sp³-hybridized carbons (Fsp3) is 0.333. The number of carbonyl (C=O) groups excluding carboxylic acids is 2. The summed E-state index contributed by atoms with van der Waals surface area (Å²) in [6, 6.07) is 6.55. The fourth-order valence-corrected chi connectivity index (χ4v) is 1.42. The third kappa shape index (κ3) is 3.74. The minimum atomic E-state index is -1.15. The number of rotatable bonds is 6. The number of aliphatic hydroxyl groups excluding tert-OH is 1. The average molecular weight is 253 g/mol. The van der Waals surface area contributed by atoms with Crippen LogP contribution in [0.3, 0.4) is 0 Å². The molecule has 18 heavy (non-hydrogen) atoms. The van der Waals surface area contributed by atoms with Gasteiger partial charge in [-0.2, -0.15) is 0 Å². The summed E-state index contributed by atoms with van der Waals surface area (Å²) >= 11 is 0. The van der Waals surface area contributed by atoms with Crippen LogP contribution in [0.2, 0.25) is 0 Å². The van der Waals surface area contributed by atoms with Crippen LogP contribution in [0.1, 0.15) is 18.6 Å². The number of benzene rings is 1. The van der Waals surface area contributed by atoms with Crippen molar-refractivity contribution in [2.45, 2.75) is 19.3 Å². The Balaban J connectivity index is 2.82. The second kappa shape index (κ2) is 6.61. The van der Waals surface area contributed by atoms with E-state index in [-0.39, 0.29) is 6.47 Å². The predicted molar refractivity (Wildman–Crippen MR) is 62.7 cm³/mol. The van der Waals surface area contributed by atoms with Gasteiger partial charge in [0.05, 0.1) is 7.11 Å². The minimum absolute atomic E-state index is 0.174. The maximum atomic E-state index is 10.9. The Morgan fingerprint density at radius 3 is 2.44 bits per heavy atom. The lowest BCUT2D eigenvalue weighted by Crippen LogP contribution is -2.40. The van der Waals surface area contributed by atoms with Crippen molar-refractivity contribution in [2.75, 3.05) is 7.11 Å². The summed E-state index contributed by atoms with van der Waals surface area (Å²) in [7, 11) is 1.53. The number of hydrogen-bond donors (Lipinski definition) is 2. The molecular formula is C12H15NO5. The normalized spacial score (nSPS) is 13.3. The van der Waals surface area contributed by atoms with Crippen LogP contribution in [0.4, 0.5) is 0 Å². The number of amides is 1. The predicted octanol–water partition coefficient (Wildman–Crippen LogP) is 0.364. The molecule has 1 aromatic carbocycles. The molecule has 0 aliphatic carbocycles. The molecule has 0 aliphatic heterocycles. The quantitative estimate of drug-likeness (QED) is 0.565. The lowest BCUT2D eigenvalue weighted by Gasteiger charge is -2.22. The summed E-state index contributed by atoms with van der Waals surface area (Å²) in [6.07, 6.45) is -2.27. The molecule has 2 atom stereocenters. The van der Waals surface area contributed by atoms with Gasteiger partial charge in [-0.1, -0.05) is 12.1 Å². The summed E-state index contributed by atoms with van der Waals surface area (Å²) in [6.45, 7) is 1.44. The lowest BCUT2D eigenvalue weighted by molar-refractivity contribution is -0.145. The fourth-order valence-electron chi connectivity index (χ4n) is 1.42. The summed E-state index contributed by atoms with van der Waals surface area (Å²) < 4.78 is 9.61. The Morgan fingerprint density at radius 1 is 1.39 bits per heavy atom. The third-order valence-electron chi connectivity index (χ3n) is 2.29. The van der Waals surface area contributed by atoms with E-state index in [0.717, 1.165) is 0 Å². The summed E-state index contributed by atoms with van der Waals surface area (Å²) in [5.74, 6) is 0.229. The number of aliphatic hydroxyl groups is 1. The molecule has 6 nitrogen and oxygen atoms in total. The number of nitrogens with one attached hydrogen (secondary N) is 1. The van der Waals surface area contributed by atoms with Crippen LogP contribution in [0, 0.1) is 0 Å². The molecule has 0 unspecified atom stereocenters. The van der Waals surface area contributed by atoms with E-state index in [4.69, 9.17) is 4.74 Å². The van der Waals surface area contributed by atoms with E-state index in [1.54, 1.807) is 24.3 Å². The highest BCUT2D eigenvalue weighted by Gasteiger charge is 2.23. The zero-order chi connectivity index (χ0) is 13.5. The Bertz CT molecular complexity index is 403. The molecular weight excluding hydrogens is 238 g/mol. The van der Waals surface area contributed by atoms with Gasteiger partial charge in [-0.25, -0.2) is 0 Å². The first-order chi connectivity index (χ1) is 8.58. The van der Waals surface area contributed by atoms with E-state index in [1.165, 1.54) is 14.0 Å². The molecule has 6 heteroatoms. The zero-order valence-electron chi connectivity index (χ0n) is 10.1. The molecule has 0 heterocycles. The summed E-state index contributed by atoms with van der Waals surface area (Å²) in [5.41, 5.74) is 0.497. The van der Waals surface area contributed by atoms with Crippen molar-refractivity contribution in [2.24, 2.45) is 0 Å². The molecule has 0 aliphatic rings. The molecule has 0 fully saturated rings. The van der Waals surface area contributed by atoms with Gasteiger partial charge in [-0.05, 0) is 17.7 Å². The first-order valence-electron chi connectivity index (χ1n) is 5.26. The molecule has 1 aromatic rings. The SMILES string of the molecule is COc1ccc([C@H](O)[C@H](NC(C)=O)OC=O)cc1. The van der Waals surface area contributed by atoms with Crippen molar-refractivity contribution >= 4 is 12.4 Å². The second-order valence-corrected chi connectivity index (χ2v) is 3.57. The Morgan fingerprint density at radius 2 is 2.00 bits per heavy atom. The smallest absolute Gasteiger partial charge is 0.295 e. The van der Waals surface area contributed by atoms with E-state index < -0.39 is 18.2 Å². The monoisotopic (exact) mass is 253 g/mol. The summed E-state index contributed by atoms with van der Waals surface area (Å²) in [4.78, 5) is 21.3. The van der Waals surface area contributed by atoms with Crippen LogP contribution in [-0.2, 0) is 14.3 Å². The van der Waals surface area contributed by atoms with Crippen molar-refractivity contribution in [3.8, 4) is 5.75 Å². The topological polar surface area (TPSA) is 84.9 Å². The molecule has 0 saturated heterocycles. The highest BCUT2D eigenvalue weighted by atomic mass is 16.5. The molecule has 98 valence electrons. The standard InChI is InChI=1S/C12H15NO5/c1-8(15)13-12(18-7-14)11(16)9-3-5-10(17-2)6-4-9/h3-7,11-12,16H,1-2H3,(H,13,15)/t11-,12+/m0/s1. The highest BCUT2D eigenvalue weighted by molar-refractivity contribution is 5.73. The minimum Gasteiger partial charge on any atom is -0.497 e. The Kier molecular flexibility index (Phi) is 5.13. The van der Waals surface area contributed by atoms with Crippen molar-refractivity contribution in [3.05, 3.63) is 29.8 Å². The molecule has 0 saturated carbocycles. The first kappa shape index (κ1) is 14.0. The summed E-state index contributed by atoms with van der Waals surface area (Å²) in [5, 5.41) is 12.3. The Labute approximate surface area is 105 Å². The molecule has 2 N–H and O–H groups in total. The van der Waals surface area contributed by atoms with E-state index >= 15 is 0 Å². The van der Waals surface area contributed by atoms with Gasteiger partial charge in [0.15, 0.2) is 0 Å². The molecule has 1 amide bonds. The van der Waals surface area contributed by atoms with Crippen LogP contribution < -0.4 is 10.1 Å². The van der Waals surface area contributed by atoms with Gasteiger partial charge in [0.25, 0.3) is 6.47 Å². The number of hydrogen-bond acceptors (Lipinski definition) is 5. The maximum Gasteiger partial charge on any atom is 0.295 e. The van der Waals surface area contributed by atoms with Gasteiger partial charge in [-0.15, -0.1) is 0 Å². The van der Waals surface area contributed by atoms with Gasteiger partial charge in [0, 0.05) is 6.92 Å². The molecule has 0 radical (unpaired) electrons. The number of methoxy groups -OCH3 is 1. The van der Waals surface area contributed by atoms with Gasteiger partial charge in [0.1, 0.15) is 11.9 Å². The van der Waals surface area contributed by atoms with Crippen molar-refractivity contribution in [1.29, 1.82) is 0 Å². The van der Waals surface area contributed by atoms with Gasteiger partial charge >= 0.3 is 0 Å². The number of carbonyl (C=O) groups is 2. The molecule has 0 spiro atoms. The molecule has 0 bridgehead atoms. The molecule has 0 aromatic heterocycles. The van der Waals surface area contributed by atoms with Crippen LogP contribution >= 0.6 is 0 Å². The Hall–Kier alpha value is -2.08. The largest absolute Gasteiger partial charge is 0.497 e. The van der Waals surface area contributed by atoms with Gasteiger partial charge in [0.2, 0.25) is 12.1 Å². The second-order valence-electron chi connectivity index (χ2n) is 3.57. The zero-order valence-corrected chi connectivity index (χ0v) is 10.1. The van der Waals surface area contributed by atoms with E-state index in [9.17, 15) is 14.7 Å². The maximum absolute atomic E-state index is 10.9. The molecule has 1 rings (SSSR count). The van der Waals surface area contributed by atoms with Crippen LogP contribution in [0.15, 0.2) is 24.3 Å². The van der Waals surface area contributed by atoms with Crippen molar-refractivity contribution < 1.29 is 24.2 Å². The number of ether oxygens (including phenoxy) is 2. The van der Waals surface area contributed by atoms with Crippen molar-refractivity contribution in [3.63, 3.8) is 0 Å². The lowest BCUT2D eigenvalue weighted by atomic mass is 10.1. The highest BCUT2D eigenvalue weighted by Crippen LogP contribution is 2.20. The third-order valence-corrected chi connectivity index (χ3v) is 2.29. The van der Waals surface area contributed by atoms with Crippen LogP contribution in [-0.4, -0.2) is 30.8 Å². The van der Waals surface area contributed by atoms with Crippen LogP contribution in [0.5, 0.6) is 5.75 Å². The van der Waals surface area contributed by atoms with E-state index in [1.807, 2.05) is 0 Å².